The molecule has 0 unspecified atom stereocenters. The molecular weight excluding hydrogens is 456 g/mol. The second-order valence-corrected chi connectivity index (χ2v) is 11.5. The zero-order chi connectivity index (χ0) is 22.8. The van der Waals surface area contributed by atoms with Gasteiger partial charge in [-0.25, -0.2) is 0 Å². The van der Waals surface area contributed by atoms with E-state index in [0.717, 1.165) is 87.6 Å². The van der Waals surface area contributed by atoms with Gasteiger partial charge in [0.25, 0.3) is 0 Å². The Labute approximate surface area is 202 Å². The quantitative estimate of drug-likeness (QED) is 0.512. The summed E-state index contributed by atoms with van der Waals surface area (Å²) in [6.07, 6.45) is 6.13. The molecule has 1 fully saturated rings. The lowest BCUT2D eigenvalue weighted by molar-refractivity contribution is 0.252. The van der Waals surface area contributed by atoms with Crippen molar-refractivity contribution in [2.24, 2.45) is 0 Å². The van der Waals surface area contributed by atoms with Crippen LogP contribution in [0.4, 0.5) is 17.1 Å². The van der Waals surface area contributed by atoms with Crippen molar-refractivity contribution in [1.29, 1.82) is 0 Å². The number of hydrogen-bond acceptors (Lipinski definition) is 4. The number of halogens is 1. The molecule has 3 aliphatic heterocycles. The summed E-state index contributed by atoms with van der Waals surface area (Å²) in [4.78, 5) is 4.94. The number of nitrogens with zero attached hydrogens (tertiary/aromatic N) is 4. The van der Waals surface area contributed by atoms with Crippen LogP contribution in [-0.4, -0.2) is 59.1 Å². The lowest BCUT2D eigenvalue weighted by Crippen LogP contribution is -2.46. The van der Waals surface area contributed by atoms with Gasteiger partial charge in [0.05, 0.1) is 11.4 Å². The second kappa shape index (κ2) is 9.72. The number of anilines is 3. The Hall–Kier alpha value is -1.96. The highest BCUT2D eigenvalue weighted by molar-refractivity contribution is 7.94. The van der Waals surface area contributed by atoms with E-state index in [9.17, 15) is 8.42 Å². The van der Waals surface area contributed by atoms with Gasteiger partial charge in [-0.05, 0) is 62.1 Å². The number of aryl methyl sites for hydroxylation is 1. The maximum atomic E-state index is 13.1. The smallest absolute Gasteiger partial charge is 0.326 e. The van der Waals surface area contributed by atoms with E-state index in [2.05, 4.69) is 21.9 Å². The fourth-order valence-electron chi connectivity index (χ4n) is 5.35. The number of benzene rings is 2. The van der Waals surface area contributed by atoms with E-state index in [1.165, 1.54) is 11.3 Å². The summed E-state index contributed by atoms with van der Waals surface area (Å²) < 4.78 is 29.4. The van der Waals surface area contributed by atoms with Gasteiger partial charge in [-0.2, -0.15) is 8.42 Å². The lowest BCUT2D eigenvalue weighted by Gasteiger charge is -2.36. The van der Waals surface area contributed by atoms with Crippen molar-refractivity contribution in [3.8, 4) is 0 Å². The number of unbranched alkanes of at least 4 members (excludes halogenated alkanes) is 3. The fraction of sp³-hybridized carbons (Fsp3) is 0.520. The maximum Gasteiger partial charge on any atom is 0.326 e. The van der Waals surface area contributed by atoms with Crippen molar-refractivity contribution in [2.45, 2.75) is 38.5 Å². The Morgan fingerprint density at radius 1 is 0.848 bits per heavy atom. The van der Waals surface area contributed by atoms with Crippen molar-refractivity contribution in [2.75, 3.05) is 59.3 Å². The van der Waals surface area contributed by atoms with Gasteiger partial charge in [-0.3, -0.25) is 13.5 Å². The number of rotatable bonds is 8. The molecule has 0 atom stereocenters. The average molecular weight is 489 g/mol. The molecule has 3 heterocycles. The molecule has 0 saturated carbocycles. The normalized spacial score (nSPS) is 19.7. The third-order valence-electron chi connectivity index (χ3n) is 7.11. The van der Waals surface area contributed by atoms with E-state index in [0.29, 0.717) is 13.1 Å². The molecule has 0 radical (unpaired) electrons. The minimum absolute atomic E-state index is 0.577. The Balaban J connectivity index is 1.04. The Bertz CT molecular complexity index is 1090. The van der Waals surface area contributed by atoms with Crippen LogP contribution in [0.5, 0.6) is 0 Å². The summed E-state index contributed by atoms with van der Waals surface area (Å²) in [5, 5.41) is 0.793. The Morgan fingerprint density at radius 3 is 2.39 bits per heavy atom. The van der Waals surface area contributed by atoms with Gasteiger partial charge in [0.1, 0.15) is 0 Å². The highest BCUT2D eigenvalue weighted by Crippen LogP contribution is 2.45. The van der Waals surface area contributed by atoms with E-state index in [1.54, 1.807) is 8.61 Å². The molecule has 0 bridgehead atoms. The topological polar surface area (TPSA) is 47.1 Å². The lowest BCUT2D eigenvalue weighted by atomic mass is 10.0. The summed E-state index contributed by atoms with van der Waals surface area (Å²) in [5.41, 5.74) is 4.19. The van der Waals surface area contributed by atoms with Gasteiger partial charge in [-0.1, -0.05) is 42.6 Å². The highest BCUT2D eigenvalue weighted by Gasteiger charge is 2.42. The molecule has 0 N–H and O–H groups in total. The minimum Gasteiger partial charge on any atom is -0.369 e. The van der Waals surface area contributed by atoms with E-state index in [1.807, 2.05) is 30.3 Å². The standard InChI is InChI=1S/C25H33ClN4O2S/c26-22-10-6-11-23(20-22)28-18-16-27(17-19-28)13-3-1-2-4-14-29-24-12-5-8-21-9-7-15-30(25(21)24)33(29,31)32/h5-6,8,10-12,20H,1-4,7,9,13-19H2. The SMILES string of the molecule is O=S1(=O)N(CCCCCCN2CCN(c3cccc(Cl)c3)CC2)c2cccc3c2N1CCC3. The molecule has 2 aromatic rings. The molecular formula is C25H33ClN4O2S. The van der Waals surface area contributed by atoms with Gasteiger partial charge in [0.2, 0.25) is 0 Å². The molecule has 1 saturated heterocycles. The first-order valence-corrected chi connectivity index (χ1v) is 14.0. The summed E-state index contributed by atoms with van der Waals surface area (Å²) >= 11 is 6.13. The number of para-hydroxylation sites is 1. The Kier molecular flexibility index (Phi) is 6.72. The van der Waals surface area contributed by atoms with Crippen molar-refractivity contribution in [3.63, 3.8) is 0 Å². The molecule has 178 valence electrons. The van der Waals surface area contributed by atoms with Gasteiger partial charge >= 0.3 is 10.2 Å². The third-order valence-corrected chi connectivity index (χ3v) is 9.21. The summed E-state index contributed by atoms with van der Waals surface area (Å²) in [5.74, 6) is 0. The van der Waals surface area contributed by atoms with Crippen LogP contribution < -0.4 is 13.5 Å². The van der Waals surface area contributed by atoms with Crippen molar-refractivity contribution in [1.82, 2.24) is 4.90 Å². The third kappa shape index (κ3) is 4.68. The molecule has 33 heavy (non-hydrogen) atoms. The van der Waals surface area contributed by atoms with Gasteiger partial charge < -0.3 is 4.90 Å². The molecule has 0 aliphatic carbocycles. The molecule has 8 heteroatoms. The van der Waals surface area contributed by atoms with Gasteiger partial charge in [0.15, 0.2) is 0 Å². The predicted molar refractivity (Wildman–Crippen MR) is 137 cm³/mol. The van der Waals surface area contributed by atoms with E-state index >= 15 is 0 Å². The first kappa shape index (κ1) is 22.8. The average Bonchev–Trinajstić information content (AvgIpc) is 3.04. The fourth-order valence-corrected chi connectivity index (χ4v) is 7.33. The molecule has 5 rings (SSSR count). The summed E-state index contributed by atoms with van der Waals surface area (Å²) in [6, 6.07) is 14.1. The van der Waals surface area contributed by atoms with E-state index < -0.39 is 10.2 Å². The van der Waals surface area contributed by atoms with E-state index in [-0.39, 0.29) is 0 Å². The minimum atomic E-state index is -3.40. The van der Waals surface area contributed by atoms with Crippen molar-refractivity contribution < 1.29 is 8.42 Å². The van der Waals surface area contributed by atoms with Crippen LogP contribution in [0.2, 0.25) is 5.02 Å². The first-order valence-electron chi connectivity index (χ1n) is 12.2. The zero-order valence-corrected chi connectivity index (χ0v) is 20.7. The Morgan fingerprint density at radius 2 is 1.61 bits per heavy atom. The van der Waals surface area contributed by atoms with Crippen LogP contribution in [0.3, 0.4) is 0 Å². The molecule has 0 aromatic heterocycles. The van der Waals surface area contributed by atoms with Crippen LogP contribution in [0.25, 0.3) is 0 Å². The van der Waals surface area contributed by atoms with Crippen LogP contribution >= 0.6 is 11.6 Å². The molecule has 3 aliphatic rings. The van der Waals surface area contributed by atoms with E-state index in [4.69, 9.17) is 11.6 Å². The van der Waals surface area contributed by atoms with Crippen LogP contribution in [0, 0.1) is 0 Å². The largest absolute Gasteiger partial charge is 0.369 e. The first-order chi connectivity index (χ1) is 16.0. The van der Waals surface area contributed by atoms with Gasteiger partial charge in [-0.15, -0.1) is 0 Å². The zero-order valence-electron chi connectivity index (χ0n) is 19.1. The van der Waals surface area contributed by atoms with Crippen LogP contribution in [-0.2, 0) is 16.6 Å². The molecule has 2 aromatic carbocycles. The van der Waals surface area contributed by atoms with Crippen LogP contribution in [0.15, 0.2) is 42.5 Å². The molecule has 0 amide bonds. The summed E-state index contributed by atoms with van der Waals surface area (Å²) in [7, 11) is -3.40. The maximum absolute atomic E-state index is 13.1. The molecule has 0 spiro atoms. The second-order valence-electron chi connectivity index (χ2n) is 9.26. The highest BCUT2D eigenvalue weighted by atomic mass is 35.5. The van der Waals surface area contributed by atoms with Crippen molar-refractivity contribution >= 4 is 38.9 Å². The monoisotopic (exact) mass is 488 g/mol. The number of piperazine rings is 1. The van der Waals surface area contributed by atoms with Crippen molar-refractivity contribution in [3.05, 3.63) is 53.1 Å². The van der Waals surface area contributed by atoms with Gasteiger partial charge in [0, 0.05) is 50.0 Å². The molecule has 6 nitrogen and oxygen atoms in total. The van der Waals surface area contributed by atoms with Crippen LogP contribution in [0.1, 0.15) is 37.7 Å². The summed E-state index contributed by atoms with van der Waals surface area (Å²) in [6.45, 7) is 6.52. The number of hydrogen-bond donors (Lipinski definition) is 0. The predicted octanol–water partition coefficient (Wildman–Crippen LogP) is 4.54.